The minimum Gasteiger partial charge on any atom is -0.462 e. The van der Waals surface area contributed by atoms with Gasteiger partial charge in [-0.2, -0.15) is 0 Å². The van der Waals surface area contributed by atoms with Crippen LogP contribution in [0, 0.1) is 6.92 Å². The highest BCUT2D eigenvalue weighted by Crippen LogP contribution is 2.20. The second kappa shape index (κ2) is 6.09. The van der Waals surface area contributed by atoms with E-state index in [0.29, 0.717) is 17.4 Å². The molecule has 0 saturated heterocycles. The smallest absolute Gasteiger partial charge is 0.336 e. The zero-order chi connectivity index (χ0) is 15.4. The highest BCUT2D eigenvalue weighted by molar-refractivity contribution is 5.88. The minimum absolute atomic E-state index is 0.408. The lowest BCUT2D eigenvalue weighted by Crippen LogP contribution is -2.03. The van der Waals surface area contributed by atoms with E-state index in [1.165, 1.54) is 12.5 Å². The van der Waals surface area contributed by atoms with Crippen molar-refractivity contribution in [3.63, 3.8) is 0 Å². The molecule has 0 bridgehead atoms. The van der Waals surface area contributed by atoms with Gasteiger partial charge >= 0.3 is 5.97 Å². The summed E-state index contributed by atoms with van der Waals surface area (Å²) in [6, 6.07) is 10.4. The zero-order valence-electron chi connectivity index (χ0n) is 11.7. The number of carbonyl (C=O) groups is 1. The number of hydrogen-bond acceptors (Lipinski definition) is 6. The Morgan fingerprint density at radius 2 is 2.00 bits per heavy atom. The van der Waals surface area contributed by atoms with Crippen LogP contribution in [-0.2, 0) is 4.79 Å². The maximum absolute atomic E-state index is 11.7. The number of furan rings is 1. The molecule has 22 heavy (non-hydrogen) atoms. The van der Waals surface area contributed by atoms with Crippen LogP contribution < -0.4 is 4.74 Å². The van der Waals surface area contributed by atoms with Crippen LogP contribution in [0.1, 0.15) is 11.5 Å². The Bertz CT molecular complexity index is 786. The fourth-order valence-electron chi connectivity index (χ4n) is 1.81. The topological polar surface area (TPSA) is 78.4 Å². The highest BCUT2D eigenvalue weighted by atomic mass is 16.5. The molecule has 0 aliphatic carbocycles. The van der Waals surface area contributed by atoms with Crippen molar-refractivity contribution < 1.29 is 18.4 Å². The van der Waals surface area contributed by atoms with Crippen LogP contribution in [0.25, 0.3) is 17.5 Å². The molecule has 0 amide bonds. The van der Waals surface area contributed by atoms with Crippen LogP contribution in [0.3, 0.4) is 0 Å². The Kier molecular flexibility index (Phi) is 3.82. The van der Waals surface area contributed by atoms with Crippen molar-refractivity contribution in [2.75, 3.05) is 0 Å². The number of esters is 1. The number of carbonyl (C=O) groups excluding carboxylic acids is 1. The number of rotatable bonds is 4. The van der Waals surface area contributed by atoms with Crippen molar-refractivity contribution in [3.05, 3.63) is 60.4 Å². The first-order chi connectivity index (χ1) is 10.7. The van der Waals surface area contributed by atoms with Gasteiger partial charge in [-0.15, -0.1) is 10.2 Å². The van der Waals surface area contributed by atoms with E-state index in [1.54, 1.807) is 36.4 Å². The van der Waals surface area contributed by atoms with Crippen LogP contribution in [0.15, 0.2) is 57.7 Å². The van der Waals surface area contributed by atoms with Crippen molar-refractivity contribution in [3.8, 4) is 17.2 Å². The van der Waals surface area contributed by atoms with Crippen LogP contribution >= 0.6 is 0 Å². The zero-order valence-corrected chi connectivity index (χ0v) is 11.7. The van der Waals surface area contributed by atoms with Gasteiger partial charge in [0.05, 0.1) is 0 Å². The Balaban J connectivity index is 1.63. The molecule has 2 heterocycles. The largest absolute Gasteiger partial charge is 0.462 e. The summed E-state index contributed by atoms with van der Waals surface area (Å²) >= 11 is 0. The second-order valence-electron chi connectivity index (χ2n) is 4.47. The monoisotopic (exact) mass is 296 g/mol. The van der Waals surface area contributed by atoms with E-state index in [1.807, 2.05) is 13.0 Å². The number of nitrogens with zero attached hydrogens (tertiary/aromatic N) is 2. The summed E-state index contributed by atoms with van der Waals surface area (Å²) in [5, 5.41) is 7.40. The Morgan fingerprint density at radius 1 is 1.18 bits per heavy atom. The lowest BCUT2D eigenvalue weighted by atomic mass is 10.2. The average molecular weight is 296 g/mol. The standard InChI is InChI=1S/C16H12N2O4/c1-11-2-5-13(21-11)8-9-15(19)22-14-6-3-12(4-7-14)16-18-17-10-20-16/h2-10H,1H3. The quantitative estimate of drug-likeness (QED) is 0.418. The summed E-state index contributed by atoms with van der Waals surface area (Å²) in [7, 11) is 0. The Hall–Kier alpha value is -3.15. The molecule has 3 aromatic rings. The molecular weight excluding hydrogens is 284 g/mol. The summed E-state index contributed by atoms with van der Waals surface area (Å²) in [6.45, 7) is 1.83. The summed E-state index contributed by atoms with van der Waals surface area (Å²) in [4.78, 5) is 11.7. The maximum atomic E-state index is 11.7. The molecular formula is C16H12N2O4. The predicted octanol–water partition coefficient (Wildman–Crippen LogP) is 3.26. The molecule has 0 N–H and O–H groups in total. The summed E-state index contributed by atoms with van der Waals surface area (Å²) < 4.78 is 15.6. The number of benzene rings is 1. The van der Waals surface area contributed by atoms with Gasteiger partial charge in [-0.1, -0.05) is 0 Å². The van der Waals surface area contributed by atoms with Crippen LogP contribution in [0.2, 0.25) is 0 Å². The van der Waals surface area contributed by atoms with Gasteiger partial charge in [0.1, 0.15) is 17.3 Å². The van der Waals surface area contributed by atoms with Crippen LogP contribution in [-0.4, -0.2) is 16.2 Å². The highest BCUT2D eigenvalue weighted by Gasteiger charge is 2.05. The number of ether oxygens (including phenoxy) is 1. The molecule has 0 saturated carbocycles. The van der Waals surface area contributed by atoms with Crippen molar-refractivity contribution in [2.45, 2.75) is 6.92 Å². The SMILES string of the molecule is Cc1ccc(C=CC(=O)Oc2ccc(-c3nnco3)cc2)o1. The number of hydrogen-bond donors (Lipinski definition) is 0. The summed E-state index contributed by atoms with van der Waals surface area (Å²) in [6.07, 6.45) is 4.12. The number of aryl methyl sites for hydroxylation is 1. The molecule has 3 rings (SSSR count). The summed E-state index contributed by atoms with van der Waals surface area (Å²) in [5.41, 5.74) is 0.749. The van der Waals surface area contributed by atoms with Gasteiger partial charge in [-0.05, 0) is 49.4 Å². The molecule has 1 aromatic carbocycles. The van der Waals surface area contributed by atoms with E-state index in [-0.39, 0.29) is 0 Å². The molecule has 2 aromatic heterocycles. The van der Waals surface area contributed by atoms with Crippen LogP contribution in [0.4, 0.5) is 0 Å². The van der Waals surface area contributed by atoms with E-state index < -0.39 is 5.97 Å². The van der Waals surface area contributed by atoms with E-state index in [2.05, 4.69) is 10.2 Å². The van der Waals surface area contributed by atoms with Gasteiger partial charge in [0.15, 0.2) is 0 Å². The Labute approximate surface area is 126 Å². The molecule has 0 unspecified atom stereocenters. The molecule has 0 fully saturated rings. The third-order valence-electron chi connectivity index (χ3n) is 2.82. The molecule has 6 heteroatoms. The fraction of sp³-hybridized carbons (Fsp3) is 0.0625. The third kappa shape index (κ3) is 3.29. The van der Waals surface area contributed by atoms with Gasteiger partial charge in [-0.3, -0.25) is 0 Å². The molecule has 6 nitrogen and oxygen atoms in total. The van der Waals surface area contributed by atoms with Gasteiger partial charge in [0.25, 0.3) is 0 Å². The summed E-state index contributed by atoms with van der Waals surface area (Å²) in [5.74, 6) is 1.73. The van der Waals surface area contributed by atoms with Gasteiger partial charge in [-0.25, -0.2) is 4.79 Å². The minimum atomic E-state index is -0.486. The lowest BCUT2D eigenvalue weighted by Gasteiger charge is -2.01. The van der Waals surface area contributed by atoms with E-state index >= 15 is 0 Å². The fourth-order valence-corrected chi connectivity index (χ4v) is 1.81. The van der Waals surface area contributed by atoms with Crippen LogP contribution in [0.5, 0.6) is 5.75 Å². The van der Waals surface area contributed by atoms with E-state index in [4.69, 9.17) is 13.6 Å². The number of aromatic nitrogens is 2. The first kappa shape index (κ1) is 13.8. The normalized spacial score (nSPS) is 11.0. The van der Waals surface area contributed by atoms with Crippen molar-refractivity contribution >= 4 is 12.0 Å². The lowest BCUT2D eigenvalue weighted by molar-refractivity contribution is -0.128. The molecule has 0 radical (unpaired) electrons. The predicted molar refractivity (Wildman–Crippen MR) is 77.8 cm³/mol. The average Bonchev–Trinajstić information content (AvgIpc) is 3.17. The van der Waals surface area contributed by atoms with Gasteiger partial charge < -0.3 is 13.6 Å². The van der Waals surface area contributed by atoms with Gasteiger partial charge in [0.2, 0.25) is 12.3 Å². The van der Waals surface area contributed by atoms with Crippen molar-refractivity contribution in [1.29, 1.82) is 0 Å². The van der Waals surface area contributed by atoms with E-state index in [0.717, 1.165) is 11.3 Å². The second-order valence-corrected chi connectivity index (χ2v) is 4.47. The van der Waals surface area contributed by atoms with Crippen molar-refractivity contribution in [2.24, 2.45) is 0 Å². The first-order valence-electron chi connectivity index (χ1n) is 6.53. The van der Waals surface area contributed by atoms with Crippen molar-refractivity contribution in [1.82, 2.24) is 10.2 Å². The van der Waals surface area contributed by atoms with Gasteiger partial charge in [0, 0.05) is 11.6 Å². The molecule has 0 aliphatic rings. The molecule has 110 valence electrons. The third-order valence-corrected chi connectivity index (χ3v) is 2.82. The Morgan fingerprint density at radius 3 is 2.64 bits per heavy atom. The maximum Gasteiger partial charge on any atom is 0.336 e. The first-order valence-corrected chi connectivity index (χ1v) is 6.53. The molecule has 0 aliphatic heterocycles. The molecule has 0 atom stereocenters. The van der Waals surface area contributed by atoms with E-state index in [9.17, 15) is 4.79 Å². The molecule has 0 spiro atoms.